The van der Waals surface area contributed by atoms with Crippen molar-refractivity contribution in [3.8, 4) is 0 Å². The Morgan fingerprint density at radius 2 is 1.15 bits per heavy atom. The molecule has 0 aliphatic rings. The molecule has 0 aliphatic heterocycles. The van der Waals surface area contributed by atoms with Crippen LogP contribution in [-0.2, 0) is 0 Å². The average Bonchev–Trinajstić information content (AvgIpc) is 2.14. The van der Waals surface area contributed by atoms with Crippen molar-refractivity contribution >= 4 is 0 Å². The van der Waals surface area contributed by atoms with Crippen LogP contribution in [0.25, 0.3) is 0 Å². The van der Waals surface area contributed by atoms with E-state index in [-0.39, 0.29) is 0 Å². The predicted octanol–water partition coefficient (Wildman–Crippen LogP) is 5.03. The average molecular weight is 184 g/mol. The van der Waals surface area contributed by atoms with Gasteiger partial charge in [0, 0.05) is 0 Å². The summed E-state index contributed by atoms with van der Waals surface area (Å²) in [5, 5.41) is 0. The highest BCUT2D eigenvalue weighted by Gasteiger charge is 2.23. The fourth-order valence-corrected chi connectivity index (χ4v) is 1.42. The molecule has 0 aromatic heterocycles. The maximum Gasteiger partial charge on any atom is -0.0331 e. The van der Waals surface area contributed by atoms with Gasteiger partial charge in [-0.3, -0.25) is 0 Å². The number of rotatable bonds is 6. The molecule has 0 N–H and O–H groups in total. The van der Waals surface area contributed by atoms with Gasteiger partial charge in [0.2, 0.25) is 0 Å². The topological polar surface area (TPSA) is 0 Å². The zero-order valence-corrected chi connectivity index (χ0v) is 10.5. The van der Waals surface area contributed by atoms with Crippen LogP contribution in [0.15, 0.2) is 0 Å². The first kappa shape index (κ1) is 13.0. The van der Waals surface area contributed by atoms with Crippen LogP contribution in [0.4, 0.5) is 0 Å². The molecule has 0 fully saturated rings. The highest BCUT2D eigenvalue weighted by atomic mass is 14.3. The van der Waals surface area contributed by atoms with Gasteiger partial charge in [0.25, 0.3) is 0 Å². The summed E-state index contributed by atoms with van der Waals surface area (Å²) >= 11 is 0. The molecule has 0 heterocycles. The van der Waals surface area contributed by atoms with Crippen molar-refractivity contribution in [1.82, 2.24) is 0 Å². The summed E-state index contributed by atoms with van der Waals surface area (Å²) in [7, 11) is 0. The maximum absolute atomic E-state index is 2.43. The monoisotopic (exact) mass is 184 g/mol. The molecule has 0 spiro atoms. The Kier molecular flexibility index (Phi) is 5.02. The van der Waals surface area contributed by atoms with Gasteiger partial charge in [-0.1, -0.05) is 60.8 Å². The smallest absolute Gasteiger partial charge is 0.0331 e. The second-order valence-corrected chi connectivity index (χ2v) is 5.54. The third-order valence-electron chi connectivity index (χ3n) is 4.07. The quantitative estimate of drug-likeness (QED) is 0.543. The Morgan fingerprint density at radius 1 is 0.692 bits per heavy atom. The van der Waals surface area contributed by atoms with Gasteiger partial charge in [0.05, 0.1) is 0 Å². The molecule has 13 heavy (non-hydrogen) atoms. The van der Waals surface area contributed by atoms with Crippen LogP contribution < -0.4 is 0 Å². The van der Waals surface area contributed by atoms with Gasteiger partial charge in [-0.2, -0.15) is 0 Å². The Morgan fingerprint density at radius 3 is 1.46 bits per heavy atom. The lowest BCUT2D eigenvalue weighted by Crippen LogP contribution is -2.19. The van der Waals surface area contributed by atoms with Gasteiger partial charge < -0.3 is 0 Å². The Hall–Kier alpha value is 0. The number of hydrogen-bond acceptors (Lipinski definition) is 0. The summed E-state index contributed by atoms with van der Waals surface area (Å²) in [6, 6.07) is 0. The molecule has 0 aliphatic carbocycles. The highest BCUT2D eigenvalue weighted by molar-refractivity contribution is 4.75. The van der Waals surface area contributed by atoms with E-state index in [9.17, 15) is 0 Å². The Bertz CT molecular complexity index is 129. The van der Waals surface area contributed by atoms with Gasteiger partial charge in [-0.25, -0.2) is 0 Å². The molecule has 0 bridgehead atoms. The molecule has 80 valence electrons. The molecule has 0 aromatic rings. The van der Waals surface area contributed by atoms with E-state index in [4.69, 9.17) is 0 Å². The molecular weight excluding hydrogens is 156 g/mol. The van der Waals surface area contributed by atoms with Crippen LogP contribution in [0.3, 0.4) is 0 Å². The fourth-order valence-electron chi connectivity index (χ4n) is 1.42. The summed E-state index contributed by atoms with van der Waals surface area (Å²) in [6.45, 7) is 14.1. The largest absolute Gasteiger partial charge is 0.0649 e. The summed E-state index contributed by atoms with van der Waals surface area (Å²) < 4.78 is 0. The van der Waals surface area contributed by atoms with E-state index in [0.29, 0.717) is 10.8 Å². The second kappa shape index (κ2) is 5.02. The summed E-state index contributed by atoms with van der Waals surface area (Å²) in [5.41, 5.74) is 1.14. The molecule has 0 rings (SSSR count). The lowest BCUT2D eigenvalue weighted by molar-refractivity contribution is 0.204. The van der Waals surface area contributed by atoms with Crippen LogP contribution in [0.5, 0.6) is 0 Å². The van der Waals surface area contributed by atoms with E-state index in [1.807, 2.05) is 0 Å². The normalized spacial score (nSPS) is 13.4. The minimum absolute atomic E-state index is 0.547. The Balaban J connectivity index is 3.99. The molecule has 0 amide bonds. The van der Waals surface area contributed by atoms with Gasteiger partial charge >= 0.3 is 0 Å². The van der Waals surface area contributed by atoms with E-state index in [2.05, 4.69) is 41.5 Å². The minimum Gasteiger partial charge on any atom is -0.0649 e. The van der Waals surface area contributed by atoms with Gasteiger partial charge in [0.1, 0.15) is 0 Å². The van der Waals surface area contributed by atoms with Crippen molar-refractivity contribution in [3.63, 3.8) is 0 Å². The molecule has 0 radical (unpaired) electrons. The zero-order chi connectivity index (χ0) is 10.5. The van der Waals surface area contributed by atoms with E-state index < -0.39 is 0 Å². The lowest BCUT2D eigenvalue weighted by atomic mass is 9.74. The van der Waals surface area contributed by atoms with Crippen LogP contribution in [0, 0.1) is 10.8 Å². The van der Waals surface area contributed by atoms with Crippen LogP contribution in [0.2, 0.25) is 0 Å². The first-order valence-electron chi connectivity index (χ1n) is 5.89. The highest BCUT2D eigenvalue weighted by Crippen LogP contribution is 2.37. The first-order valence-corrected chi connectivity index (χ1v) is 5.89. The first-order chi connectivity index (χ1) is 5.89. The zero-order valence-electron chi connectivity index (χ0n) is 10.5. The minimum atomic E-state index is 0.547. The summed E-state index contributed by atoms with van der Waals surface area (Å²) in [4.78, 5) is 0. The number of hydrogen-bond donors (Lipinski definition) is 0. The standard InChI is InChI=1S/C13H28/c1-7-12(4,5)10-11-13(6,8-2)9-3/h7-11H2,1-6H3. The summed E-state index contributed by atoms with van der Waals surface area (Å²) in [6.07, 6.45) is 6.71. The van der Waals surface area contributed by atoms with Gasteiger partial charge in [0.15, 0.2) is 0 Å². The third-order valence-corrected chi connectivity index (χ3v) is 4.07. The van der Waals surface area contributed by atoms with E-state index in [0.717, 1.165) is 0 Å². The van der Waals surface area contributed by atoms with E-state index >= 15 is 0 Å². The second-order valence-electron chi connectivity index (χ2n) is 5.54. The Labute approximate surface area is 85.1 Å². The van der Waals surface area contributed by atoms with Crippen molar-refractivity contribution in [1.29, 1.82) is 0 Å². The van der Waals surface area contributed by atoms with E-state index in [1.165, 1.54) is 32.1 Å². The van der Waals surface area contributed by atoms with Crippen molar-refractivity contribution in [2.75, 3.05) is 0 Å². The molecule has 0 aromatic carbocycles. The predicted molar refractivity (Wildman–Crippen MR) is 62.0 cm³/mol. The van der Waals surface area contributed by atoms with Gasteiger partial charge in [-0.15, -0.1) is 0 Å². The lowest BCUT2D eigenvalue weighted by Gasteiger charge is -2.32. The van der Waals surface area contributed by atoms with Crippen molar-refractivity contribution in [2.24, 2.45) is 10.8 Å². The summed E-state index contributed by atoms with van der Waals surface area (Å²) in [5.74, 6) is 0. The van der Waals surface area contributed by atoms with Crippen LogP contribution in [0.1, 0.15) is 73.6 Å². The van der Waals surface area contributed by atoms with Crippen LogP contribution in [-0.4, -0.2) is 0 Å². The molecular formula is C13H28. The molecule has 0 heteroatoms. The molecule has 0 saturated carbocycles. The third kappa shape index (κ3) is 4.69. The molecule has 0 atom stereocenters. The van der Waals surface area contributed by atoms with Crippen molar-refractivity contribution in [2.45, 2.75) is 73.6 Å². The fraction of sp³-hybridized carbons (Fsp3) is 1.00. The van der Waals surface area contributed by atoms with Gasteiger partial charge in [-0.05, 0) is 23.7 Å². The van der Waals surface area contributed by atoms with E-state index in [1.54, 1.807) is 0 Å². The molecule has 0 nitrogen and oxygen atoms in total. The van der Waals surface area contributed by atoms with Crippen molar-refractivity contribution < 1.29 is 0 Å². The molecule has 0 unspecified atom stereocenters. The molecule has 0 saturated heterocycles. The maximum atomic E-state index is 2.43. The SMILES string of the molecule is CCC(C)(C)CCC(C)(CC)CC. The van der Waals surface area contributed by atoms with Crippen molar-refractivity contribution in [3.05, 3.63) is 0 Å². The van der Waals surface area contributed by atoms with Crippen LogP contribution >= 0.6 is 0 Å².